The lowest BCUT2D eigenvalue weighted by Gasteiger charge is -2.26. The van der Waals surface area contributed by atoms with E-state index in [-0.39, 0.29) is 19.3 Å². The third-order valence-electron chi connectivity index (χ3n) is 6.21. The molecule has 1 heterocycles. The molecular weight excluding hydrogens is 516 g/mol. The highest BCUT2D eigenvalue weighted by Gasteiger charge is 2.33. The Morgan fingerprint density at radius 2 is 1.38 bits per heavy atom. The molecule has 1 aromatic heterocycles. The van der Waals surface area contributed by atoms with Crippen LogP contribution in [-0.2, 0) is 38.4 Å². The molecule has 0 aliphatic rings. The SMILES string of the molecule is CC(O)C(NC(=O)C(Cc1ccccc1)NC(=O)C(N)Cc1cnc[nH]1)C(=O)NC(Cc1ccccc1)C(=O)O. The number of nitrogens with one attached hydrogen (secondary N) is 4. The summed E-state index contributed by atoms with van der Waals surface area (Å²) in [6, 6.07) is 12.7. The summed E-state index contributed by atoms with van der Waals surface area (Å²) in [6.45, 7) is 1.29. The van der Waals surface area contributed by atoms with Crippen molar-refractivity contribution in [2.75, 3.05) is 0 Å². The maximum atomic E-state index is 13.4. The number of hydrogen-bond donors (Lipinski definition) is 7. The van der Waals surface area contributed by atoms with E-state index in [1.807, 2.05) is 0 Å². The Kier molecular flexibility index (Phi) is 10.9. The molecule has 40 heavy (non-hydrogen) atoms. The maximum Gasteiger partial charge on any atom is 0.326 e. The summed E-state index contributed by atoms with van der Waals surface area (Å²) in [4.78, 5) is 57.9. The van der Waals surface area contributed by atoms with Crippen LogP contribution in [-0.4, -0.2) is 74.1 Å². The molecule has 3 rings (SSSR count). The number of aromatic nitrogens is 2. The summed E-state index contributed by atoms with van der Waals surface area (Å²) < 4.78 is 0. The molecular formula is C28H34N6O6. The van der Waals surface area contributed by atoms with E-state index < -0.39 is 54.0 Å². The molecule has 5 atom stereocenters. The summed E-state index contributed by atoms with van der Waals surface area (Å²) in [6.07, 6.45) is 1.86. The minimum atomic E-state index is -1.49. The van der Waals surface area contributed by atoms with Gasteiger partial charge in [0.05, 0.1) is 18.5 Å². The van der Waals surface area contributed by atoms with E-state index >= 15 is 0 Å². The van der Waals surface area contributed by atoms with Crippen LogP contribution in [0.1, 0.15) is 23.7 Å². The number of carboxylic acid groups (broad SMARTS) is 1. The van der Waals surface area contributed by atoms with Gasteiger partial charge in [-0.15, -0.1) is 0 Å². The molecule has 2 aromatic carbocycles. The van der Waals surface area contributed by atoms with Crippen molar-refractivity contribution < 1.29 is 29.4 Å². The Morgan fingerprint density at radius 1 is 0.825 bits per heavy atom. The monoisotopic (exact) mass is 550 g/mol. The second kappa shape index (κ2) is 14.6. The number of amides is 3. The standard InChI is InChI=1S/C28H34N6O6/c1-17(35)24(27(38)33-23(28(39)40)13-19-10-6-3-7-11-19)34-26(37)22(12-18-8-4-2-5-9-18)32-25(36)21(29)14-20-15-30-16-31-20/h2-11,15-17,21-24,35H,12-14,29H2,1H3,(H,30,31)(H,32,36)(H,33,38)(H,34,37)(H,39,40). The number of carbonyl (C=O) groups excluding carboxylic acids is 3. The van der Waals surface area contributed by atoms with Crippen LogP contribution >= 0.6 is 0 Å². The predicted molar refractivity (Wildman–Crippen MR) is 146 cm³/mol. The van der Waals surface area contributed by atoms with Gasteiger partial charge in [-0.05, 0) is 18.1 Å². The first-order valence-electron chi connectivity index (χ1n) is 12.8. The molecule has 3 aromatic rings. The van der Waals surface area contributed by atoms with Crippen LogP contribution in [0.15, 0.2) is 73.2 Å². The summed E-state index contributed by atoms with van der Waals surface area (Å²) in [5.74, 6) is -3.50. The van der Waals surface area contributed by atoms with Crippen molar-refractivity contribution in [3.05, 3.63) is 90.0 Å². The Balaban J connectivity index is 1.73. The zero-order chi connectivity index (χ0) is 29.1. The number of imidazole rings is 1. The van der Waals surface area contributed by atoms with E-state index in [2.05, 4.69) is 25.9 Å². The van der Waals surface area contributed by atoms with E-state index in [0.717, 1.165) is 5.56 Å². The molecule has 0 spiro atoms. The van der Waals surface area contributed by atoms with Crippen LogP contribution in [0.4, 0.5) is 0 Å². The van der Waals surface area contributed by atoms with Gasteiger partial charge < -0.3 is 36.9 Å². The van der Waals surface area contributed by atoms with E-state index in [9.17, 15) is 29.4 Å². The van der Waals surface area contributed by atoms with Crippen molar-refractivity contribution in [3.8, 4) is 0 Å². The lowest BCUT2D eigenvalue weighted by molar-refractivity contribution is -0.143. The smallest absolute Gasteiger partial charge is 0.326 e. The molecule has 5 unspecified atom stereocenters. The normalized spacial score (nSPS) is 14.7. The molecule has 0 bridgehead atoms. The molecule has 3 amide bonds. The van der Waals surface area contributed by atoms with Crippen LogP contribution < -0.4 is 21.7 Å². The zero-order valence-electron chi connectivity index (χ0n) is 22.0. The minimum absolute atomic E-state index is 0.00327. The van der Waals surface area contributed by atoms with Gasteiger partial charge in [0, 0.05) is 31.2 Å². The number of nitrogens with two attached hydrogens (primary N) is 1. The number of hydrogen-bond acceptors (Lipinski definition) is 7. The lowest BCUT2D eigenvalue weighted by Crippen LogP contribution is -2.60. The number of H-pyrrole nitrogens is 1. The Hall–Kier alpha value is -4.55. The largest absolute Gasteiger partial charge is 0.480 e. The van der Waals surface area contributed by atoms with Gasteiger partial charge in [0.15, 0.2) is 0 Å². The summed E-state index contributed by atoms with van der Waals surface area (Å²) in [5, 5.41) is 27.5. The topological polar surface area (TPSA) is 200 Å². The fourth-order valence-corrected chi connectivity index (χ4v) is 4.03. The first kappa shape index (κ1) is 30.0. The molecule has 12 nitrogen and oxygen atoms in total. The Bertz CT molecular complexity index is 1250. The number of carbonyl (C=O) groups is 4. The van der Waals surface area contributed by atoms with Gasteiger partial charge in [-0.3, -0.25) is 14.4 Å². The predicted octanol–water partition coefficient (Wildman–Crippen LogP) is -0.315. The highest BCUT2D eigenvalue weighted by molar-refractivity contribution is 5.94. The van der Waals surface area contributed by atoms with Gasteiger partial charge in [-0.25, -0.2) is 9.78 Å². The highest BCUT2D eigenvalue weighted by atomic mass is 16.4. The van der Waals surface area contributed by atoms with Crippen molar-refractivity contribution in [2.24, 2.45) is 5.73 Å². The molecule has 0 fully saturated rings. The number of rotatable bonds is 14. The zero-order valence-corrected chi connectivity index (χ0v) is 22.0. The van der Waals surface area contributed by atoms with E-state index in [1.165, 1.54) is 19.4 Å². The molecule has 12 heteroatoms. The van der Waals surface area contributed by atoms with Crippen molar-refractivity contribution >= 4 is 23.7 Å². The maximum absolute atomic E-state index is 13.4. The van der Waals surface area contributed by atoms with E-state index in [4.69, 9.17) is 5.73 Å². The molecule has 212 valence electrons. The minimum Gasteiger partial charge on any atom is -0.480 e. The fraction of sp³-hybridized carbons (Fsp3) is 0.321. The van der Waals surface area contributed by atoms with Crippen molar-refractivity contribution in [1.82, 2.24) is 25.9 Å². The third-order valence-corrected chi connectivity index (χ3v) is 6.21. The number of benzene rings is 2. The molecule has 0 saturated heterocycles. The van der Waals surface area contributed by atoms with Gasteiger partial charge >= 0.3 is 5.97 Å². The van der Waals surface area contributed by atoms with Crippen LogP contribution in [0.5, 0.6) is 0 Å². The number of aliphatic carboxylic acids is 1. The molecule has 0 saturated carbocycles. The van der Waals surface area contributed by atoms with Gasteiger partial charge in [-0.2, -0.15) is 0 Å². The van der Waals surface area contributed by atoms with Gasteiger partial charge in [0.1, 0.15) is 18.1 Å². The summed E-state index contributed by atoms with van der Waals surface area (Å²) >= 11 is 0. The van der Waals surface area contributed by atoms with E-state index in [0.29, 0.717) is 11.3 Å². The number of aliphatic hydroxyl groups excluding tert-OH is 1. The molecule has 8 N–H and O–H groups in total. The number of carboxylic acids is 1. The van der Waals surface area contributed by atoms with Crippen LogP contribution in [0.25, 0.3) is 0 Å². The van der Waals surface area contributed by atoms with Gasteiger partial charge in [0.25, 0.3) is 0 Å². The van der Waals surface area contributed by atoms with Gasteiger partial charge in [-0.1, -0.05) is 60.7 Å². The van der Waals surface area contributed by atoms with Crippen molar-refractivity contribution in [1.29, 1.82) is 0 Å². The van der Waals surface area contributed by atoms with Crippen molar-refractivity contribution in [3.63, 3.8) is 0 Å². The quantitative estimate of drug-likeness (QED) is 0.142. The average Bonchev–Trinajstić information content (AvgIpc) is 3.44. The Morgan fingerprint density at radius 3 is 1.88 bits per heavy atom. The molecule has 0 aliphatic heterocycles. The summed E-state index contributed by atoms with van der Waals surface area (Å²) in [7, 11) is 0. The summed E-state index contributed by atoms with van der Waals surface area (Å²) in [5.41, 5.74) is 8.10. The number of aliphatic hydroxyl groups is 1. The first-order valence-corrected chi connectivity index (χ1v) is 12.8. The number of aromatic amines is 1. The van der Waals surface area contributed by atoms with Crippen LogP contribution in [0.3, 0.4) is 0 Å². The third kappa shape index (κ3) is 9.03. The second-order valence-electron chi connectivity index (χ2n) is 9.45. The van der Waals surface area contributed by atoms with Gasteiger partial charge in [0.2, 0.25) is 17.7 Å². The van der Waals surface area contributed by atoms with Crippen molar-refractivity contribution in [2.45, 2.75) is 56.5 Å². The van der Waals surface area contributed by atoms with Crippen LogP contribution in [0.2, 0.25) is 0 Å². The highest BCUT2D eigenvalue weighted by Crippen LogP contribution is 2.08. The number of nitrogens with zero attached hydrogens (tertiary/aromatic N) is 1. The fourth-order valence-electron chi connectivity index (χ4n) is 4.03. The Labute approximate surface area is 231 Å². The average molecular weight is 551 g/mol. The lowest BCUT2D eigenvalue weighted by atomic mass is 10.0. The molecule has 0 aliphatic carbocycles. The van der Waals surface area contributed by atoms with Crippen LogP contribution in [0, 0.1) is 0 Å². The first-order chi connectivity index (χ1) is 19.1. The molecule has 0 radical (unpaired) electrons. The second-order valence-corrected chi connectivity index (χ2v) is 9.45. The van der Waals surface area contributed by atoms with E-state index in [1.54, 1.807) is 60.7 Å².